The molecule has 0 amide bonds. The van der Waals surface area contributed by atoms with Crippen molar-refractivity contribution in [2.45, 2.75) is 38.8 Å². The molecule has 3 aliphatic rings. The number of likely N-dealkylation sites (tertiary alicyclic amines) is 1. The fourth-order valence-corrected chi connectivity index (χ4v) is 3.14. The summed E-state index contributed by atoms with van der Waals surface area (Å²) in [6.07, 6.45) is 7.16. The second-order valence-electron chi connectivity index (χ2n) is 5.43. The first kappa shape index (κ1) is 12.2. The molecule has 0 saturated carbocycles. The Bertz CT molecular complexity index is 356. The molecular weight excluding hydrogens is 226 g/mol. The third kappa shape index (κ3) is 2.31. The van der Waals surface area contributed by atoms with Gasteiger partial charge in [-0.2, -0.15) is 0 Å². The van der Waals surface area contributed by atoms with Gasteiger partial charge in [-0.1, -0.05) is 18.2 Å². The van der Waals surface area contributed by atoms with Crippen molar-refractivity contribution >= 4 is 5.71 Å². The number of piperidine rings is 1. The van der Waals surface area contributed by atoms with E-state index in [2.05, 4.69) is 28.4 Å². The highest BCUT2D eigenvalue weighted by Gasteiger charge is 2.34. The predicted octanol–water partition coefficient (Wildman–Crippen LogP) is 1.74. The van der Waals surface area contributed by atoms with Crippen molar-refractivity contribution in [3.63, 3.8) is 0 Å². The Labute approximate surface area is 109 Å². The molecule has 0 aromatic heterocycles. The second-order valence-corrected chi connectivity index (χ2v) is 5.43. The predicted molar refractivity (Wildman–Crippen MR) is 72.5 cm³/mol. The molecule has 1 atom stereocenters. The molecule has 3 aliphatic heterocycles. The maximum Gasteiger partial charge on any atom is 0.206 e. The Kier molecular flexibility index (Phi) is 3.66. The van der Waals surface area contributed by atoms with E-state index in [9.17, 15) is 0 Å². The molecule has 3 heterocycles. The van der Waals surface area contributed by atoms with Gasteiger partial charge in [0.25, 0.3) is 0 Å². The number of hydrogen-bond acceptors (Lipinski definition) is 4. The third-order valence-corrected chi connectivity index (χ3v) is 4.33. The van der Waals surface area contributed by atoms with Gasteiger partial charge >= 0.3 is 0 Å². The van der Waals surface area contributed by atoms with Gasteiger partial charge in [0.15, 0.2) is 0 Å². The van der Waals surface area contributed by atoms with Gasteiger partial charge in [0.1, 0.15) is 0 Å². The minimum atomic E-state index is 0.0340. The summed E-state index contributed by atoms with van der Waals surface area (Å²) < 4.78 is 0. The number of allylic oxidation sites excluding steroid dienone is 1. The van der Waals surface area contributed by atoms with Crippen LogP contribution in [0.3, 0.4) is 0 Å². The molecular formula is C14H23N3O. The zero-order valence-electron chi connectivity index (χ0n) is 11.2. The van der Waals surface area contributed by atoms with Crippen molar-refractivity contribution in [2.75, 3.05) is 26.2 Å². The van der Waals surface area contributed by atoms with Gasteiger partial charge in [-0.3, -0.25) is 5.32 Å². The van der Waals surface area contributed by atoms with E-state index in [1.54, 1.807) is 0 Å². The van der Waals surface area contributed by atoms with E-state index < -0.39 is 0 Å². The Morgan fingerprint density at radius 2 is 2.28 bits per heavy atom. The Morgan fingerprint density at radius 3 is 3.06 bits per heavy atom. The highest BCUT2D eigenvalue weighted by Crippen LogP contribution is 2.29. The second kappa shape index (κ2) is 5.41. The van der Waals surface area contributed by atoms with Crippen LogP contribution in [0.4, 0.5) is 0 Å². The largest absolute Gasteiger partial charge is 0.371 e. The van der Waals surface area contributed by atoms with Gasteiger partial charge in [0.2, 0.25) is 6.23 Å². The molecule has 1 saturated heterocycles. The van der Waals surface area contributed by atoms with Gasteiger partial charge in [-0.25, -0.2) is 0 Å². The molecule has 3 rings (SSSR count). The summed E-state index contributed by atoms with van der Waals surface area (Å²) in [5.41, 5.74) is 2.55. The fourth-order valence-electron chi connectivity index (χ4n) is 3.14. The van der Waals surface area contributed by atoms with Gasteiger partial charge in [0.05, 0.1) is 5.71 Å². The number of nitrogens with one attached hydrogen (secondary N) is 1. The van der Waals surface area contributed by atoms with Crippen LogP contribution in [0.25, 0.3) is 0 Å². The van der Waals surface area contributed by atoms with E-state index >= 15 is 0 Å². The van der Waals surface area contributed by atoms with E-state index in [0.717, 1.165) is 13.0 Å². The minimum absolute atomic E-state index is 0.0340. The lowest BCUT2D eigenvalue weighted by Gasteiger charge is -2.30. The monoisotopic (exact) mass is 249 g/mol. The van der Waals surface area contributed by atoms with Gasteiger partial charge in [-0.15, -0.1) is 0 Å². The fraction of sp³-hybridized carbons (Fsp3) is 0.786. The van der Waals surface area contributed by atoms with Crippen LogP contribution in [0.5, 0.6) is 0 Å². The number of oxime groups is 1. The number of nitrogens with zero attached hydrogens (tertiary/aromatic N) is 2. The molecule has 18 heavy (non-hydrogen) atoms. The molecule has 0 radical (unpaired) electrons. The van der Waals surface area contributed by atoms with Crippen LogP contribution in [0.15, 0.2) is 16.8 Å². The number of fused-ring (bicyclic) bond motifs is 1. The van der Waals surface area contributed by atoms with Crippen LogP contribution in [0.1, 0.15) is 32.6 Å². The Morgan fingerprint density at radius 1 is 1.44 bits per heavy atom. The molecule has 4 nitrogen and oxygen atoms in total. The first-order valence-corrected chi connectivity index (χ1v) is 7.28. The van der Waals surface area contributed by atoms with Crippen molar-refractivity contribution < 1.29 is 4.84 Å². The van der Waals surface area contributed by atoms with Crippen molar-refractivity contribution in [3.05, 3.63) is 11.6 Å². The SMILES string of the molecule is CCN1CCC(C2=NO[C@@H]3NCCCC=C23)CC1. The van der Waals surface area contributed by atoms with Crippen molar-refractivity contribution in [1.82, 2.24) is 10.2 Å². The smallest absolute Gasteiger partial charge is 0.206 e. The lowest BCUT2D eigenvalue weighted by Crippen LogP contribution is -2.37. The summed E-state index contributed by atoms with van der Waals surface area (Å²) in [5, 5.41) is 7.78. The average Bonchev–Trinajstić information content (AvgIpc) is 2.68. The lowest BCUT2D eigenvalue weighted by molar-refractivity contribution is 0.0804. The summed E-state index contributed by atoms with van der Waals surface area (Å²) in [6.45, 7) is 6.84. The Balaban J connectivity index is 1.68. The van der Waals surface area contributed by atoms with Crippen molar-refractivity contribution in [2.24, 2.45) is 11.1 Å². The van der Waals surface area contributed by atoms with Crippen LogP contribution in [0.2, 0.25) is 0 Å². The number of hydrogen-bond donors (Lipinski definition) is 1. The van der Waals surface area contributed by atoms with Crippen LogP contribution in [-0.4, -0.2) is 43.0 Å². The van der Waals surface area contributed by atoms with Gasteiger partial charge < -0.3 is 9.74 Å². The van der Waals surface area contributed by atoms with Crippen LogP contribution >= 0.6 is 0 Å². The first-order chi connectivity index (χ1) is 8.88. The van der Waals surface area contributed by atoms with E-state index in [1.165, 1.54) is 50.2 Å². The number of rotatable bonds is 2. The summed E-state index contributed by atoms with van der Waals surface area (Å²) in [7, 11) is 0. The van der Waals surface area contributed by atoms with E-state index in [0.29, 0.717) is 5.92 Å². The summed E-state index contributed by atoms with van der Waals surface area (Å²) in [6, 6.07) is 0. The first-order valence-electron chi connectivity index (χ1n) is 7.28. The molecule has 1 N–H and O–H groups in total. The molecule has 0 aromatic carbocycles. The van der Waals surface area contributed by atoms with Crippen LogP contribution < -0.4 is 5.32 Å². The quantitative estimate of drug-likeness (QED) is 0.810. The van der Waals surface area contributed by atoms with E-state index in [4.69, 9.17) is 4.84 Å². The van der Waals surface area contributed by atoms with E-state index in [-0.39, 0.29) is 6.23 Å². The van der Waals surface area contributed by atoms with Crippen molar-refractivity contribution in [3.8, 4) is 0 Å². The molecule has 1 fully saturated rings. The standard InChI is InChI=1S/C14H23N3O/c1-2-17-9-6-11(7-10-17)13-12-5-3-4-8-15-14(12)18-16-13/h5,11,14-15H,2-4,6-10H2,1H3/t14-/m0/s1. The van der Waals surface area contributed by atoms with Crippen LogP contribution in [0, 0.1) is 5.92 Å². The van der Waals surface area contributed by atoms with Gasteiger partial charge in [0, 0.05) is 11.5 Å². The summed E-state index contributed by atoms with van der Waals surface area (Å²) in [4.78, 5) is 8.07. The lowest BCUT2D eigenvalue weighted by atomic mass is 9.87. The van der Waals surface area contributed by atoms with Crippen LogP contribution in [-0.2, 0) is 4.84 Å². The summed E-state index contributed by atoms with van der Waals surface area (Å²) in [5.74, 6) is 0.601. The average molecular weight is 249 g/mol. The highest BCUT2D eigenvalue weighted by molar-refractivity contribution is 6.03. The molecule has 0 unspecified atom stereocenters. The topological polar surface area (TPSA) is 36.9 Å². The molecule has 100 valence electrons. The zero-order valence-corrected chi connectivity index (χ0v) is 11.2. The highest BCUT2D eigenvalue weighted by atomic mass is 16.7. The minimum Gasteiger partial charge on any atom is -0.371 e. The maximum atomic E-state index is 5.55. The summed E-state index contributed by atoms with van der Waals surface area (Å²) >= 11 is 0. The van der Waals surface area contributed by atoms with Gasteiger partial charge in [-0.05, 0) is 51.9 Å². The Hall–Kier alpha value is -0.870. The molecule has 4 heteroatoms. The van der Waals surface area contributed by atoms with Crippen molar-refractivity contribution in [1.29, 1.82) is 0 Å². The zero-order chi connectivity index (χ0) is 12.4. The van der Waals surface area contributed by atoms with E-state index in [1.807, 2.05) is 0 Å². The molecule has 0 aromatic rings. The maximum absolute atomic E-state index is 5.55. The molecule has 0 aliphatic carbocycles. The molecule has 0 spiro atoms. The third-order valence-electron chi connectivity index (χ3n) is 4.33. The normalized spacial score (nSPS) is 30.2. The molecule has 0 bridgehead atoms.